The van der Waals surface area contributed by atoms with Crippen LogP contribution in [0.3, 0.4) is 0 Å². The smallest absolute Gasteiger partial charge is 0.295 e. The van der Waals surface area contributed by atoms with E-state index in [1.54, 1.807) is 0 Å². The molecule has 1 rings (SSSR count). The molecule has 1 heterocycles. The Kier molecular flexibility index (Phi) is 3.78. The van der Waals surface area contributed by atoms with E-state index in [9.17, 15) is 4.79 Å². The third-order valence-electron chi connectivity index (χ3n) is 2.47. The molecule has 1 aliphatic rings. The first-order chi connectivity index (χ1) is 6.24. The van der Waals surface area contributed by atoms with Crippen LogP contribution in [0.1, 0.15) is 13.3 Å². The van der Waals surface area contributed by atoms with Crippen molar-refractivity contribution in [2.45, 2.75) is 13.3 Å². The lowest BCUT2D eigenvalue weighted by Crippen LogP contribution is -2.35. The van der Waals surface area contributed by atoms with Gasteiger partial charge in [0.05, 0.1) is 0 Å². The Labute approximate surface area is 78.8 Å². The summed E-state index contributed by atoms with van der Waals surface area (Å²) in [6, 6.07) is 0. The largest absolute Gasteiger partial charge is 0.381 e. The van der Waals surface area contributed by atoms with Gasteiger partial charge in [0.1, 0.15) is 0 Å². The highest BCUT2D eigenvalue weighted by Crippen LogP contribution is 2.20. The summed E-state index contributed by atoms with van der Waals surface area (Å²) in [5.41, 5.74) is 0. The lowest BCUT2D eigenvalue weighted by Gasteiger charge is -2.28. The second-order valence-electron chi connectivity index (χ2n) is 3.46. The van der Waals surface area contributed by atoms with Crippen molar-refractivity contribution in [1.82, 2.24) is 5.32 Å². The van der Waals surface area contributed by atoms with Crippen LogP contribution in [-0.2, 0) is 9.53 Å². The van der Waals surface area contributed by atoms with E-state index in [1.165, 1.54) is 0 Å². The molecule has 0 aromatic heterocycles. The molecule has 0 bridgehead atoms. The summed E-state index contributed by atoms with van der Waals surface area (Å²) in [6.45, 7) is 4.39. The van der Waals surface area contributed by atoms with Gasteiger partial charge in [-0.2, -0.15) is 0 Å². The predicted molar refractivity (Wildman–Crippen MR) is 49.9 cm³/mol. The second-order valence-corrected chi connectivity index (χ2v) is 3.46. The molecule has 3 heteroatoms. The van der Waals surface area contributed by atoms with Crippen LogP contribution < -0.4 is 5.32 Å². The first-order valence-corrected chi connectivity index (χ1v) is 4.56. The fourth-order valence-corrected chi connectivity index (χ4v) is 1.50. The Morgan fingerprint density at radius 1 is 1.77 bits per heavy atom. The van der Waals surface area contributed by atoms with E-state index in [-0.39, 0.29) is 5.91 Å². The van der Waals surface area contributed by atoms with Gasteiger partial charge < -0.3 is 10.1 Å². The van der Waals surface area contributed by atoms with Crippen molar-refractivity contribution in [1.29, 1.82) is 0 Å². The summed E-state index contributed by atoms with van der Waals surface area (Å²) in [6.07, 6.45) is 5.94. The summed E-state index contributed by atoms with van der Waals surface area (Å²) in [5, 5.41) is 2.70. The molecular formula is C10H15NO2. The van der Waals surface area contributed by atoms with Gasteiger partial charge in [-0.25, -0.2) is 0 Å². The maximum absolute atomic E-state index is 10.8. The number of amides is 1. The van der Waals surface area contributed by atoms with Gasteiger partial charge in [-0.3, -0.25) is 4.79 Å². The molecule has 1 fully saturated rings. The number of terminal acetylenes is 1. The highest BCUT2D eigenvalue weighted by molar-refractivity contribution is 5.92. The fourth-order valence-electron chi connectivity index (χ4n) is 1.50. The van der Waals surface area contributed by atoms with Crippen LogP contribution in [0.25, 0.3) is 0 Å². The van der Waals surface area contributed by atoms with E-state index in [0.717, 1.165) is 19.6 Å². The van der Waals surface area contributed by atoms with Crippen LogP contribution in [-0.4, -0.2) is 25.7 Å². The number of nitrogens with one attached hydrogen (secondary N) is 1. The van der Waals surface area contributed by atoms with Crippen molar-refractivity contribution in [3.8, 4) is 12.3 Å². The van der Waals surface area contributed by atoms with Crippen LogP contribution in [0.4, 0.5) is 0 Å². The molecule has 0 aromatic carbocycles. The lowest BCUT2D eigenvalue weighted by molar-refractivity contribution is -0.116. The van der Waals surface area contributed by atoms with Crippen molar-refractivity contribution < 1.29 is 9.53 Å². The Hall–Kier alpha value is -1.01. The first-order valence-electron chi connectivity index (χ1n) is 4.56. The van der Waals surface area contributed by atoms with E-state index in [4.69, 9.17) is 11.2 Å². The van der Waals surface area contributed by atoms with E-state index < -0.39 is 0 Å². The average molecular weight is 181 g/mol. The molecule has 0 radical (unpaired) electrons. The SMILES string of the molecule is C#CC(=O)NCC1CCOCC1C. The molecule has 2 atom stereocenters. The van der Waals surface area contributed by atoms with Gasteiger partial charge in [0, 0.05) is 19.8 Å². The molecule has 0 aromatic rings. The zero-order valence-corrected chi connectivity index (χ0v) is 7.88. The summed E-state index contributed by atoms with van der Waals surface area (Å²) < 4.78 is 5.29. The molecule has 1 aliphatic heterocycles. The van der Waals surface area contributed by atoms with Crippen molar-refractivity contribution in [3.63, 3.8) is 0 Å². The van der Waals surface area contributed by atoms with Crippen LogP contribution in [0.15, 0.2) is 0 Å². The van der Waals surface area contributed by atoms with Crippen molar-refractivity contribution in [2.24, 2.45) is 11.8 Å². The van der Waals surface area contributed by atoms with Gasteiger partial charge in [0.15, 0.2) is 0 Å². The quantitative estimate of drug-likeness (QED) is 0.626. The Bertz CT molecular complexity index is 219. The van der Waals surface area contributed by atoms with Gasteiger partial charge in [-0.15, -0.1) is 6.42 Å². The number of carbonyl (C=O) groups excluding carboxylic acids is 1. The van der Waals surface area contributed by atoms with Crippen LogP contribution in [0.2, 0.25) is 0 Å². The Morgan fingerprint density at radius 2 is 2.54 bits per heavy atom. The minimum absolute atomic E-state index is 0.321. The molecular weight excluding hydrogens is 166 g/mol. The normalized spacial score (nSPS) is 27.7. The monoisotopic (exact) mass is 181 g/mol. The number of rotatable bonds is 2. The van der Waals surface area contributed by atoms with Gasteiger partial charge >= 0.3 is 0 Å². The Balaban J connectivity index is 2.27. The molecule has 1 saturated heterocycles. The summed E-state index contributed by atoms with van der Waals surface area (Å²) in [7, 11) is 0. The van der Waals surface area contributed by atoms with E-state index in [2.05, 4.69) is 12.2 Å². The second kappa shape index (κ2) is 4.88. The molecule has 2 unspecified atom stereocenters. The standard InChI is InChI=1S/C10H15NO2/c1-3-10(12)11-6-9-4-5-13-7-8(9)2/h1,8-9H,4-7H2,2H3,(H,11,12). The number of ether oxygens (including phenoxy) is 1. The molecule has 72 valence electrons. The average Bonchev–Trinajstić information content (AvgIpc) is 2.16. The number of hydrogen-bond donors (Lipinski definition) is 1. The van der Waals surface area contributed by atoms with Crippen LogP contribution in [0.5, 0.6) is 0 Å². The maximum atomic E-state index is 10.8. The van der Waals surface area contributed by atoms with E-state index in [0.29, 0.717) is 18.4 Å². The molecule has 0 aliphatic carbocycles. The molecule has 1 amide bonds. The van der Waals surface area contributed by atoms with Crippen LogP contribution in [0, 0.1) is 24.2 Å². The van der Waals surface area contributed by atoms with E-state index >= 15 is 0 Å². The number of carbonyl (C=O) groups is 1. The zero-order valence-electron chi connectivity index (χ0n) is 7.88. The lowest BCUT2D eigenvalue weighted by atomic mass is 9.90. The highest BCUT2D eigenvalue weighted by atomic mass is 16.5. The topological polar surface area (TPSA) is 38.3 Å². The summed E-state index contributed by atoms with van der Waals surface area (Å²) in [5.74, 6) is 2.73. The molecule has 1 N–H and O–H groups in total. The van der Waals surface area contributed by atoms with E-state index in [1.807, 2.05) is 5.92 Å². The molecule has 0 spiro atoms. The fraction of sp³-hybridized carbons (Fsp3) is 0.700. The minimum atomic E-state index is -0.321. The van der Waals surface area contributed by atoms with Gasteiger partial charge in [0.25, 0.3) is 5.91 Å². The first kappa shape index (κ1) is 10.1. The third-order valence-corrected chi connectivity index (χ3v) is 2.47. The maximum Gasteiger partial charge on any atom is 0.295 e. The molecule has 3 nitrogen and oxygen atoms in total. The van der Waals surface area contributed by atoms with Crippen molar-refractivity contribution in [2.75, 3.05) is 19.8 Å². The summed E-state index contributed by atoms with van der Waals surface area (Å²) in [4.78, 5) is 10.8. The highest BCUT2D eigenvalue weighted by Gasteiger charge is 2.21. The van der Waals surface area contributed by atoms with Gasteiger partial charge in [-0.1, -0.05) is 6.92 Å². The summed E-state index contributed by atoms with van der Waals surface area (Å²) >= 11 is 0. The Morgan fingerprint density at radius 3 is 3.15 bits per heavy atom. The molecule has 0 saturated carbocycles. The van der Waals surface area contributed by atoms with Crippen molar-refractivity contribution >= 4 is 5.91 Å². The third kappa shape index (κ3) is 3.08. The minimum Gasteiger partial charge on any atom is -0.381 e. The number of hydrogen-bond acceptors (Lipinski definition) is 2. The zero-order chi connectivity index (χ0) is 9.68. The van der Waals surface area contributed by atoms with Crippen LogP contribution >= 0.6 is 0 Å². The predicted octanol–water partition coefficient (Wildman–Crippen LogP) is 0.408. The van der Waals surface area contributed by atoms with Gasteiger partial charge in [-0.05, 0) is 24.2 Å². The van der Waals surface area contributed by atoms with Crippen molar-refractivity contribution in [3.05, 3.63) is 0 Å². The van der Waals surface area contributed by atoms with Gasteiger partial charge in [0.2, 0.25) is 0 Å². The molecule has 13 heavy (non-hydrogen) atoms.